The number of aromatic nitrogens is 3. The number of rotatable bonds is 9. The molecule has 3 rings (SSSR count). The monoisotopic (exact) mass is 345 g/mol. The number of hydrogen-bond donors (Lipinski definition) is 2. The van der Waals surface area contributed by atoms with Crippen LogP contribution < -0.4 is 14.8 Å². The fourth-order valence-corrected chi connectivity index (χ4v) is 3.02. The number of nitrogens with one attached hydrogen (secondary N) is 2. The summed E-state index contributed by atoms with van der Waals surface area (Å²) in [5, 5.41) is 10.2. The maximum atomic E-state index is 5.92. The van der Waals surface area contributed by atoms with Crippen LogP contribution in [0.5, 0.6) is 11.5 Å². The third-order valence-corrected chi connectivity index (χ3v) is 4.55. The van der Waals surface area contributed by atoms with Gasteiger partial charge in [0.1, 0.15) is 18.8 Å². The molecule has 1 aliphatic heterocycles. The molecule has 136 valence electrons. The predicted molar refractivity (Wildman–Crippen MR) is 95.8 cm³/mol. The van der Waals surface area contributed by atoms with Crippen LogP contribution in [-0.4, -0.2) is 53.4 Å². The summed E-state index contributed by atoms with van der Waals surface area (Å²) in [5.41, 5.74) is 1.13. The first kappa shape index (κ1) is 17.7. The number of hydrogen-bond acceptors (Lipinski definition) is 6. The smallest absolute Gasteiger partial charge is 0.161 e. The summed E-state index contributed by atoms with van der Waals surface area (Å²) in [6, 6.07) is 6.17. The predicted octanol–water partition coefficient (Wildman–Crippen LogP) is 2.14. The molecular formula is C18H27N5O2. The molecule has 0 spiro atoms. The van der Waals surface area contributed by atoms with Crippen molar-refractivity contribution in [1.82, 2.24) is 25.4 Å². The van der Waals surface area contributed by atoms with Gasteiger partial charge in [-0.15, -0.1) is 0 Å². The molecule has 1 fully saturated rings. The van der Waals surface area contributed by atoms with Gasteiger partial charge in [-0.25, -0.2) is 4.98 Å². The van der Waals surface area contributed by atoms with Gasteiger partial charge in [-0.3, -0.25) is 10.00 Å². The molecule has 2 heterocycles. The van der Waals surface area contributed by atoms with Crippen molar-refractivity contribution in [1.29, 1.82) is 0 Å². The van der Waals surface area contributed by atoms with E-state index in [4.69, 9.17) is 9.47 Å². The van der Waals surface area contributed by atoms with Crippen molar-refractivity contribution >= 4 is 0 Å². The van der Waals surface area contributed by atoms with Gasteiger partial charge < -0.3 is 14.8 Å². The second kappa shape index (κ2) is 8.82. The molecule has 0 saturated carbocycles. The van der Waals surface area contributed by atoms with E-state index in [-0.39, 0.29) is 6.04 Å². The Morgan fingerprint density at radius 3 is 2.84 bits per heavy atom. The SMILES string of the molecule is COc1cc(CNC(C)c2ncn[nH]2)ccc1OCCN1CCCC1. The lowest BCUT2D eigenvalue weighted by Gasteiger charge is -2.17. The van der Waals surface area contributed by atoms with E-state index in [1.165, 1.54) is 32.3 Å². The molecule has 7 heteroatoms. The van der Waals surface area contributed by atoms with Crippen LogP contribution in [0.3, 0.4) is 0 Å². The highest BCUT2D eigenvalue weighted by atomic mass is 16.5. The molecule has 0 aliphatic carbocycles. The number of H-pyrrole nitrogens is 1. The summed E-state index contributed by atoms with van der Waals surface area (Å²) in [4.78, 5) is 6.60. The van der Waals surface area contributed by atoms with Crippen LogP contribution in [0.25, 0.3) is 0 Å². The molecule has 1 aliphatic rings. The van der Waals surface area contributed by atoms with Gasteiger partial charge in [-0.05, 0) is 50.6 Å². The molecule has 1 aromatic heterocycles. The van der Waals surface area contributed by atoms with E-state index in [2.05, 4.69) is 31.5 Å². The first-order chi connectivity index (χ1) is 12.3. The number of aromatic amines is 1. The minimum Gasteiger partial charge on any atom is -0.493 e. The van der Waals surface area contributed by atoms with Crippen molar-refractivity contribution in [3.8, 4) is 11.5 Å². The second-order valence-corrected chi connectivity index (χ2v) is 6.36. The first-order valence-corrected chi connectivity index (χ1v) is 8.87. The molecule has 2 N–H and O–H groups in total. The number of nitrogens with zero attached hydrogens (tertiary/aromatic N) is 3. The summed E-state index contributed by atoms with van der Waals surface area (Å²) >= 11 is 0. The normalized spacial score (nSPS) is 16.1. The molecule has 1 unspecified atom stereocenters. The molecular weight excluding hydrogens is 318 g/mol. The quantitative estimate of drug-likeness (QED) is 0.725. The number of methoxy groups -OCH3 is 1. The second-order valence-electron chi connectivity index (χ2n) is 6.36. The van der Waals surface area contributed by atoms with E-state index >= 15 is 0 Å². The van der Waals surface area contributed by atoms with Gasteiger partial charge in [0.05, 0.1) is 13.2 Å². The van der Waals surface area contributed by atoms with Crippen LogP contribution in [-0.2, 0) is 6.54 Å². The van der Waals surface area contributed by atoms with Crippen LogP contribution in [0, 0.1) is 0 Å². The van der Waals surface area contributed by atoms with Gasteiger partial charge in [0, 0.05) is 13.1 Å². The van der Waals surface area contributed by atoms with Gasteiger partial charge >= 0.3 is 0 Å². The standard InChI is InChI=1S/C18H27N5O2/c1-14(18-20-13-21-22-18)19-12-15-5-6-16(17(11-15)24-2)25-10-9-23-7-3-4-8-23/h5-6,11,13-14,19H,3-4,7-10,12H2,1-2H3,(H,20,21,22). The Bertz CT molecular complexity index is 641. The van der Waals surface area contributed by atoms with Gasteiger partial charge in [0.15, 0.2) is 11.5 Å². The Kier molecular flexibility index (Phi) is 6.25. The summed E-state index contributed by atoms with van der Waals surface area (Å²) in [5.74, 6) is 2.40. The highest BCUT2D eigenvalue weighted by Crippen LogP contribution is 2.28. The molecule has 1 aromatic carbocycles. The third-order valence-electron chi connectivity index (χ3n) is 4.55. The lowest BCUT2D eigenvalue weighted by Crippen LogP contribution is -2.25. The highest BCUT2D eigenvalue weighted by molar-refractivity contribution is 5.43. The van der Waals surface area contributed by atoms with E-state index in [1.807, 2.05) is 19.1 Å². The zero-order chi connectivity index (χ0) is 17.5. The summed E-state index contributed by atoms with van der Waals surface area (Å²) < 4.78 is 11.4. The highest BCUT2D eigenvalue weighted by Gasteiger charge is 2.12. The fraction of sp³-hybridized carbons (Fsp3) is 0.556. The van der Waals surface area contributed by atoms with E-state index in [0.717, 1.165) is 29.4 Å². The van der Waals surface area contributed by atoms with Crippen LogP contribution in [0.15, 0.2) is 24.5 Å². The molecule has 25 heavy (non-hydrogen) atoms. The largest absolute Gasteiger partial charge is 0.493 e. The van der Waals surface area contributed by atoms with Gasteiger partial charge in [-0.1, -0.05) is 6.07 Å². The van der Waals surface area contributed by atoms with Gasteiger partial charge in [-0.2, -0.15) is 5.10 Å². The van der Waals surface area contributed by atoms with Crippen molar-refractivity contribution in [2.45, 2.75) is 32.4 Å². The average Bonchev–Trinajstić information content (AvgIpc) is 3.34. The van der Waals surface area contributed by atoms with Crippen molar-refractivity contribution in [2.24, 2.45) is 0 Å². The van der Waals surface area contributed by atoms with Crippen molar-refractivity contribution < 1.29 is 9.47 Å². The number of benzene rings is 1. The molecule has 0 bridgehead atoms. The minimum absolute atomic E-state index is 0.102. The lowest BCUT2D eigenvalue weighted by molar-refractivity contribution is 0.230. The van der Waals surface area contributed by atoms with E-state index in [9.17, 15) is 0 Å². The minimum atomic E-state index is 0.102. The zero-order valence-corrected chi connectivity index (χ0v) is 15.0. The topological polar surface area (TPSA) is 75.3 Å². The molecule has 1 atom stereocenters. The first-order valence-electron chi connectivity index (χ1n) is 8.87. The molecule has 0 amide bonds. The fourth-order valence-electron chi connectivity index (χ4n) is 3.02. The maximum absolute atomic E-state index is 5.92. The van der Waals surface area contributed by atoms with Crippen LogP contribution >= 0.6 is 0 Å². The molecule has 0 radical (unpaired) electrons. The van der Waals surface area contributed by atoms with Crippen molar-refractivity contribution in [3.05, 3.63) is 35.9 Å². The van der Waals surface area contributed by atoms with Crippen molar-refractivity contribution in [2.75, 3.05) is 33.4 Å². The Labute approximate surface area is 148 Å². The van der Waals surface area contributed by atoms with Gasteiger partial charge in [0.25, 0.3) is 0 Å². The molecule has 1 saturated heterocycles. The Hall–Kier alpha value is -2.12. The molecule has 7 nitrogen and oxygen atoms in total. The van der Waals surface area contributed by atoms with Crippen LogP contribution in [0.4, 0.5) is 0 Å². The number of ether oxygens (including phenoxy) is 2. The van der Waals surface area contributed by atoms with E-state index in [0.29, 0.717) is 13.2 Å². The lowest BCUT2D eigenvalue weighted by atomic mass is 10.2. The Morgan fingerprint density at radius 2 is 2.12 bits per heavy atom. The average molecular weight is 345 g/mol. The van der Waals surface area contributed by atoms with Gasteiger partial charge in [0.2, 0.25) is 0 Å². The number of likely N-dealkylation sites (tertiary alicyclic amines) is 1. The molecule has 2 aromatic rings. The van der Waals surface area contributed by atoms with Crippen LogP contribution in [0.2, 0.25) is 0 Å². The summed E-state index contributed by atoms with van der Waals surface area (Å²) in [7, 11) is 1.68. The van der Waals surface area contributed by atoms with Crippen LogP contribution in [0.1, 0.15) is 37.2 Å². The van der Waals surface area contributed by atoms with Crippen molar-refractivity contribution in [3.63, 3.8) is 0 Å². The summed E-state index contributed by atoms with van der Waals surface area (Å²) in [6.45, 7) is 6.81. The Morgan fingerprint density at radius 1 is 1.28 bits per heavy atom. The maximum Gasteiger partial charge on any atom is 0.161 e. The zero-order valence-electron chi connectivity index (χ0n) is 15.0. The summed E-state index contributed by atoms with van der Waals surface area (Å²) in [6.07, 6.45) is 4.12. The third kappa shape index (κ3) is 4.93. The van der Waals surface area contributed by atoms with E-state index < -0.39 is 0 Å². The Balaban J connectivity index is 1.51. The van der Waals surface area contributed by atoms with E-state index in [1.54, 1.807) is 7.11 Å².